The Morgan fingerprint density at radius 3 is 2.41 bits per heavy atom. The number of methoxy groups -OCH3 is 1. The van der Waals surface area contributed by atoms with Gasteiger partial charge in [0.05, 0.1) is 0 Å². The Hall–Kier alpha value is -0.420. The zero-order chi connectivity index (χ0) is 13.5. The molecule has 0 radical (unpaired) electrons. The third-order valence-electron chi connectivity index (χ3n) is 1.74. The second-order valence-corrected chi connectivity index (χ2v) is 4.80. The maximum absolute atomic E-state index is 11.8. The number of nitrogens with two attached hydrogens (primary N) is 1. The molecule has 1 unspecified atom stereocenters. The van der Waals surface area contributed by atoms with Crippen LogP contribution in [0.3, 0.4) is 0 Å². The number of rotatable bonds is 8. The zero-order valence-electron chi connectivity index (χ0n) is 9.25. The maximum atomic E-state index is 11.8. The van der Waals surface area contributed by atoms with Crippen LogP contribution >= 0.6 is 0 Å². The van der Waals surface area contributed by atoms with Crippen molar-refractivity contribution in [3.05, 3.63) is 0 Å². The molecule has 10 heteroatoms. The van der Waals surface area contributed by atoms with E-state index < -0.39 is 29.0 Å². The highest BCUT2D eigenvalue weighted by Gasteiger charge is 2.30. The van der Waals surface area contributed by atoms with E-state index in [0.717, 1.165) is 0 Å². The van der Waals surface area contributed by atoms with Crippen LogP contribution in [0.5, 0.6) is 0 Å². The van der Waals surface area contributed by atoms with Crippen molar-refractivity contribution in [2.75, 3.05) is 26.8 Å². The maximum Gasteiger partial charge on any atom is 0.402 e. The molecule has 0 bridgehead atoms. The van der Waals surface area contributed by atoms with Gasteiger partial charge in [0.15, 0.2) is 0 Å². The van der Waals surface area contributed by atoms with E-state index >= 15 is 0 Å². The molecule has 1 atom stereocenters. The smallest absolute Gasteiger partial charge is 0.385 e. The largest absolute Gasteiger partial charge is 0.402 e. The van der Waals surface area contributed by atoms with E-state index in [4.69, 9.17) is 10.5 Å². The summed E-state index contributed by atoms with van der Waals surface area (Å²) in [5.74, 6) is 0. The first kappa shape index (κ1) is 16.6. The van der Waals surface area contributed by atoms with Gasteiger partial charge < -0.3 is 10.5 Å². The first-order valence-corrected chi connectivity index (χ1v) is 6.21. The van der Waals surface area contributed by atoms with Crippen molar-refractivity contribution in [2.45, 2.75) is 18.6 Å². The van der Waals surface area contributed by atoms with Crippen LogP contribution in [0.15, 0.2) is 0 Å². The number of alkyl halides is 3. The lowest BCUT2D eigenvalue weighted by molar-refractivity contribution is -0.121. The van der Waals surface area contributed by atoms with Gasteiger partial charge in [-0.25, -0.2) is 0 Å². The number of nitrogens with one attached hydrogen (secondary N) is 2. The summed E-state index contributed by atoms with van der Waals surface area (Å²) in [5, 5.41) is 0. The molecule has 0 saturated carbocycles. The quantitative estimate of drug-likeness (QED) is 0.549. The van der Waals surface area contributed by atoms with Gasteiger partial charge in [-0.1, -0.05) is 0 Å². The fourth-order valence-electron chi connectivity index (χ4n) is 0.923. The van der Waals surface area contributed by atoms with Gasteiger partial charge in [-0.05, 0) is 6.42 Å². The van der Waals surface area contributed by atoms with Gasteiger partial charge in [-0.15, -0.1) is 0 Å². The first-order chi connectivity index (χ1) is 7.70. The van der Waals surface area contributed by atoms with Crippen LogP contribution in [0, 0.1) is 0 Å². The normalized spacial score (nSPS) is 14.9. The lowest BCUT2D eigenvalue weighted by Crippen LogP contribution is -2.48. The van der Waals surface area contributed by atoms with Crippen molar-refractivity contribution >= 4 is 10.2 Å². The SMILES string of the molecule is COCCC(CN)NS(=O)(=O)NCC(F)(F)F. The fraction of sp³-hybridized carbons (Fsp3) is 1.00. The number of hydrogen-bond acceptors (Lipinski definition) is 4. The third kappa shape index (κ3) is 9.30. The van der Waals surface area contributed by atoms with Crippen LogP contribution in [0.25, 0.3) is 0 Å². The van der Waals surface area contributed by atoms with E-state index in [1.165, 1.54) is 11.8 Å². The molecular formula is C7H16F3N3O3S. The molecular weight excluding hydrogens is 263 g/mol. The molecule has 0 amide bonds. The summed E-state index contributed by atoms with van der Waals surface area (Å²) in [6.45, 7) is -1.40. The minimum absolute atomic E-state index is 0.0315. The Bertz CT molecular complexity index is 307. The summed E-state index contributed by atoms with van der Waals surface area (Å²) in [7, 11) is -2.79. The molecule has 0 aromatic rings. The van der Waals surface area contributed by atoms with Crippen molar-refractivity contribution in [3.63, 3.8) is 0 Å². The summed E-state index contributed by atoms with van der Waals surface area (Å²) in [5.41, 5.74) is 5.27. The molecule has 0 fully saturated rings. The minimum atomic E-state index is -4.60. The van der Waals surface area contributed by atoms with Crippen LogP contribution in [-0.2, 0) is 14.9 Å². The summed E-state index contributed by atoms with van der Waals surface area (Å²) < 4.78 is 65.9. The Labute approximate surface area is 97.9 Å². The van der Waals surface area contributed by atoms with Gasteiger partial charge >= 0.3 is 6.18 Å². The monoisotopic (exact) mass is 279 g/mol. The molecule has 4 N–H and O–H groups in total. The second-order valence-electron chi connectivity index (χ2n) is 3.27. The standard InChI is InChI=1S/C7H16F3N3O3S/c1-16-3-2-6(4-11)13-17(14,15)12-5-7(8,9)10/h6,12-13H,2-5,11H2,1H3. The molecule has 0 rings (SSSR count). The van der Waals surface area contributed by atoms with Gasteiger partial charge in [-0.2, -0.15) is 31.0 Å². The van der Waals surface area contributed by atoms with Crippen molar-refractivity contribution < 1.29 is 26.3 Å². The second kappa shape index (κ2) is 7.11. The number of halogens is 3. The van der Waals surface area contributed by atoms with E-state index in [9.17, 15) is 21.6 Å². The molecule has 0 aliphatic rings. The van der Waals surface area contributed by atoms with E-state index in [0.29, 0.717) is 0 Å². The summed E-state index contributed by atoms with van der Waals surface area (Å²) >= 11 is 0. The Kier molecular flexibility index (Phi) is 6.94. The van der Waals surface area contributed by atoms with E-state index in [1.54, 1.807) is 0 Å². The van der Waals surface area contributed by atoms with Crippen molar-refractivity contribution in [1.82, 2.24) is 9.44 Å². The first-order valence-electron chi connectivity index (χ1n) is 4.73. The predicted molar refractivity (Wildman–Crippen MR) is 55.4 cm³/mol. The van der Waals surface area contributed by atoms with Crippen LogP contribution in [0.1, 0.15) is 6.42 Å². The molecule has 0 aliphatic heterocycles. The fourth-order valence-corrected chi connectivity index (χ4v) is 2.01. The number of hydrogen-bond donors (Lipinski definition) is 3. The van der Waals surface area contributed by atoms with E-state index in [1.807, 2.05) is 4.72 Å². The lowest BCUT2D eigenvalue weighted by Gasteiger charge is -2.17. The summed E-state index contributed by atoms with van der Waals surface area (Å²) in [4.78, 5) is 0. The van der Waals surface area contributed by atoms with Crippen molar-refractivity contribution in [1.29, 1.82) is 0 Å². The Balaban J connectivity index is 4.22. The highest BCUT2D eigenvalue weighted by atomic mass is 32.2. The lowest BCUT2D eigenvalue weighted by atomic mass is 10.2. The van der Waals surface area contributed by atoms with Crippen LogP contribution in [0.4, 0.5) is 13.2 Å². The third-order valence-corrected chi connectivity index (χ3v) is 2.91. The molecule has 6 nitrogen and oxygen atoms in total. The predicted octanol–water partition coefficient (Wildman–Crippen LogP) is -0.663. The molecule has 0 aliphatic carbocycles. The van der Waals surface area contributed by atoms with Crippen LogP contribution in [-0.4, -0.2) is 47.4 Å². The summed E-state index contributed by atoms with van der Waals surface area (Å²) in [6, 6.07) is -0.666. The molecule has 0 heterocycles. The van der Waals surface area contributed by atoms with Gasteiger partial charge in [-0.3, -0.25) is 0 Å². The van der Waals surface area contributed by atoms with Gasteiger partial charge in [0.25, 0.3) is 10.2 Å². The zero-order valence-corrected chi connectivity index (χ0v) is 10.1. The molecule has 0 aromatic heterocycles. The van der Waals surface area contributed by atoms with E-state index in [2.05, 4.69) is 0 Å². The summed E-state index contributed by atoms with van der Waals surface area (Å²) in [6.07, 6.45) is -4.32. The van der Waals surface area contributed by atoms with Crippen LogP contribution < -0.4 is 15.2 Å². The van der Waals surface area contributed by atoms with E-state index in [-0.39, 0.29) is 19.6 Å². The average molecular weight is 279 g/mol. The highest BCUT2D eigenvalue weighted by Crippen LogP contribution is 2.12. The topological polar surface area (TPSA) is 93.4 Å². The number of ether oxygens (including phenoxy) is 1. The molecule has 17 heavy (non-hydrogen) atoms. The van der Waals surface area contributed by atoms with Crippen LogP contribution in [0.2, 0.25) is 0 Å². The molecule has 0 aromatic carbocycles. The molecule has 0 saturated heterocycles. The van der Waals surface area contributed by atoms with Crippen molar-refractivity contribution in [2.24, 2.45) is 5.73 Å². The average Bonchev–Trinajstić information content (AvgIpc) is 2.20. The minimum Gasteiger partial charge on any atom is -0.385 e. The Morgan fingerprint density at radius 1 is 1.41 bits per heavy atom. The highest BCUT2D eigenvalue weighted by molar-refractivity contribution is 7.87. The van der Waals surface area contributed by atoms with Gasteiger partial charge in [0, 0.05) is 26.3 Å². The Morgan fingerprint density at radius 2 is 2.00 bits per heavy atom. The van der Waals surface area contributed by atoms with Gasteiger partial charge in [0.2, 0.25) is 0 Å². The molecule has 0 spiro atoms. The molecule has 104 valence electrons. The van der Waals surface area contributed by atoms with Crippen molar-refractivity contribution in [3.8, 4) is 0 Å². The van der Waals surface area contributed by atoms with Gasteiger partial charge in [0.1, 0.15) is 6.54 Å².